The highest BCUT2D eigenvalue weighted by molar-refractivity contribution is 7.80. The van der Waals surface area contributed by atoms with Crippen LogP contribution in [-0.4, -0.2) is 31.8 Å². The van der Waals surface area contributed by atoms with Crippen molar-refractivity contribution in [2.75, 3.05) is 20.8 Å². The largest absolute Gasteiger partial charge is 0.493 e. The van der Waals surface area contributed by atoms with E-state index in [1.165, 1.54) is 11.3 Å². The molecule has 0 aliphatic carbocycles. The summed E-state index contributed by atoms with van der Waals surface area (Å²) < 4.78 is 11.0. The van der Waals surface area contributed by atoms with Gasteiger partial charge in [0.15, 0.2) is 16.6 Å². The smallest absolute Gasteiger partial charge is 0.279 e. The second-order valence-corrected chi connectivity index (χ2v) is 7.00. The summed E-state index contributed by atoms with van der Waals surface area (Å²) in [7, 11) is 3.20. The minimum Gasteiger partial charge on any atom is -0.493 e. The van der Waals surface area contributed by atoms with Gasteiger partial charge in [0.25, 0.3) is 5.91 Å². The molecule has 0 saturated carbocycles. The van der Waals surface area contributed by atoms with E-state index >= 15 is 0 Å². The first kappa shape index (κ1) is 19.3. The van der Waals surface area contributed by atoms with E-state index in [0.717, 1.165) is 12.0 Å². The zero-order chi connectivity index (χ0) is 18.2. The van der Waals surface area contributed by atoms with Crippen LogP contribution >= 0.6 is 35.2 Å². The van der Waals surface area contributed by atoms with Gasteiger partial charge in [-0.15, -0.1) is 11.3 Å². The Kier molecular flexibility index (Phi) is 7.30. The monoisotopic (exact) mass is 399 g/mol. The Balaban J connectivity index is 1.74. The van der Waals surface area contributed by atoms with Crippen LogP contribution in [0.4, 0.5) is 0 Å². The predicted octanol–water partition coefficient (Wildman–Crippen LogP) is 2.77. The van der Waals surface area contributed by atoms with E-state index in [0.29, 0.717) is 32.4 Å². The Hall–Kier alpha value is -2.03. The quantitative estimate of drug-likeness (QED) is 0.512. The summed E-state index contributed by atoms with van der Waals surface area (Å²) in [5.74, 6) is 1.08. The fraction of sp³-hybridized carbons (Fsp3) is 0.250. The van der Waals surface area contributed by atoms with Gasteiger partial charge in [-0.2, -0.15) is 0 Å². The number of halogens is 1. The molecule has 6 nitrogen and oxygen atoms in total. The zero-order valence-electron chi connectivity index (χ0n) is 13.7. The van der Waals surface area contributed by atoms with Gasteiger partial charge in [0, 0.05) is 6.54 Å². The zero-order valence-corrected chi connectivity index (χ0v) is 16.1. The average Bonchev–Trinajstić information content (AvgIpc) is 3.06. The fourth-order valence-corrected chi connectivity index (χ4v) is 3.10. The van der Waals surface area contributed by atoms with E-state index in [2.05, 4.69) is 16.2 Å². The van der Waals surface area contributed by atoms with Crippen LogP contribution in [0.2, 0.25) is 4.34 Å². The second-order valence-electron chi connectivity index (χ2n) is 4.88. The molecular weight excluding hydrogens is 382 g/mol. The highest BCUT2D eigenvalue weighted by Crippen LogP contribution is 2.27. The third kappa shape index (κ3) is 5.77. The molecule has 0 fully saturated rings. The Morgan fingerprint density at radius 1 is 1.16 bits per heavy atom. The molecule has 1 heterocycles. The average molecular weight is 400 g/mol. The topological polar surface area (TPSA) is 71.6 Å². The molecule has 3 N–H and O–H groups in total. The molecule has 0 aliphatic heterocycles. The molecule has 0 unspecified atom stereocenters. The number of rotatable bonds is 6. The summed E-state index contributed by atoms with van der Waals surface area (Å²) in [6.45, 7) is 0.599. The number of thiophene rings is 1. The molecule has 0 atom stereocenters. The van der Waals surface area contributed by atoms with Crippen molar-refractivity contribution in [3.8, 4) is 11.5 Å². The number of hydrogen-bond donors (Lipinski definition) is 3. The number of methoxy groups -OCH3 is 2. The number of carbonyl (C=O) groups is 1. The van der Waals surface area contributed by atoms with Crippen molar-refractivity contribution in [3.05, 3.63) is 45.1 Å². The number of benzene rings is 1. The van der Waals surface area contributed by atoms with Gasteiger partial charge >= 0.3 is 0 Å². The number of nitrogens with one attached hydrogen (secondary N) is 3. The third-order valence-electron chi connectivity index (χ3n) is 3.23. The Morgan fingerprint density at radius 2 is 1.92 bits per heavy atom. The van der Waals surface area contributed by atoms with Gasteiger partial charge < -0.3 is 14.8 Å². The lowest BCUT2D eigenvalue weighted by Gasteiger charge is -2.12. The molecule has 0 radical (unpaired) electrons. The van der Waals surface area contributed by atoms with Crippen molar-refractivity contribution >= 4 is 46.2 Å². The Labute approximate surface area is 160 Å². The summed E-state index contributed by atoms with van der Waals surface area (Å²) in [5, 5.41) is 3.35. The molecule has 134 valence electrons. The molecule has 1 amide bonds. The minimum absolute atomic E-state index is 0.291. The number of hydrazine groups is 1. The van der Waals surface area contributed by atoms with E-state index in [1.807, 2.05) is 18.2 Å². The maximum Gasteiger partial charge on any atom is 0.279 e. The van der Waals surface area contributed by atoms with Crippen molar-refractivity contribution in [1.82, 2.24) is 16.2 Å². The lowest BCUT2D eigenvalue weighted by Crippen LogP contribution is -2.47. The molecule has 0 saturated heterocycles. The fourth-order valence-electron chi connectivity index (χ4n) is 2.01. The predicted molar refractivity (Wildman–Crippen MR) is 104 cm³/mol. The van der Waals surface area contributed by atoms with Crippen molar-refractivity contribution in [3.63, 3.8) is 0 Å². The van der Waals surface area contributed by atoms with Crippen LogP contribution in [0.3, 0.4) is 0 Å². The van der Waals surface area contributed by atoms with Crippen molar-refractivity contribution in [1.29, 1.82) is 0 Å². The number of thiocarbonyl (C=S) groups is 1. The molecule has 25 heavy (non-hydrogen) atoms. The summed E-state index contributed by atoms with van der Waals surface area (Å²) in [6, 6.07) is 9.05. The van der Waals surface area contributed by atoms with Gasteiger partial charge in [-0.1, -0.05) is 17.7 Å². The highest BCUT2D eigenvalue weighted by Gasteiger charge is 2.08. The van der Waals surface area contributed by atoms with E-state index in [1.54, 1.807) is 26.4 Å². The van der Waals surface area contributed by atoms with Crippen LogP contribution in [0, 0.1) is 0 Å². The van der Waals surface area contributed by atoms with Crippen LogP contribution in [0.5, 0.6) is 11.5 Å². The third-order valence-corrected chi connectivity index (χ3v) is 4.71. The molecule has 9 heteroatoms. The summed E-state index contributed by atoms with van der Waals surface area (Å²) in [5.41, 5.74) is 6.25. The normalized spacial score (nSPS) is 10.0. The molecule has 0 aliphatic rings. The van der Waals surface area contributed by atoms with E-state index in [-0.39, 0.29) is 5.91 Å². The van der Waals surface area contributed by atoms with E-state index in [9.17, 15) is 4.79 Å². The maximum absolute atomic E-state index is 11.9. The second kappa shape index (κ2) is 9.45. The molecule has 1 aromatic heterocycles. The Bertz CT molecular complexity index is 752. The van der Waals surface area contributed by atoms with Gasteiger partial charge in [0.1, 0.15) is 0 Å². The lowest BCUT2D eigenvalue weighted by molar-refractivity contribution is 0.0948. The highest BCUT2D eigenvalue weighted by atomic mass is 35.5. The summed E-state index contributed by atoms with van der Waals surface area (Å²) in [6.07, 6.45) is 0.733. The van der Waals surface area contributed by atoms with E-state index in [4.69, 9.17) is 33.3 Å². The number of ether oxygens (including phenoxy) is 2. The first-order valence-corrected chi connectivity index (χ1v) is 8.94. The summed E-state index contributed by atoms with van der Waals surface area (Å²) >= 11 is 12.1. The van der Waals surface area contributed by atoms with Gasteiger partial charge in [-0.05, 0) is 48.5 Å². The lowest BCUT2D eigenvalue weighted by atomic mass is 10.1. The SMILES string of the molecule is COc1ccc(CCNC(=S)NNC(=O)c2ccc(Cl)s2)cc1OC. The van der Waals surface area contributed by atoms with Crippen LogP contribution < -0.4 is 25.6 Å². The van der Waals surface area contributed by atoms with Crippen LogP contribution in [0.15, 0.2) is 30.3 Å². The maximum atomic E-state index is 11.9. The van der Waals surface area contributed by atoms with Gasteiger partial charge in [-0.25, -0.2) is 0 Å². The number of carbonyl (C=O) groups excluding carboxylic acids is 1. The molecule has 0 bridgehead atoms. The molecule has 1 aromatic carbocycles. The first-order valence-electron chi connectivity index (χ1n) is 7.34. The van der Waals surface area contributed by atoms with Gasteiger partial charge in [0.2, 0.25) is 0 Å². The van der Waals surface area contributed by atoms with E-state index < -0.39 is 0 Å². The molecule has 2 aromatic rings. The summed E-state index contributed by atoms with van der Waals surface area (Å²) in [4.78, 5) is 12.4. The molecular formula is C16H18ClN3O3S2. The molecule has 0 spiro atoms. The van der Waals surface area contributed by atoms with Crippen LogP contribution in [-0.2, 0) is 6.42 Å². The van der Waals surface area contributed by atoms with Crippen LogP contribution in [0.25, 0.3) is 0 Å². The Morgan fingerprint density at radius 3 is 2.56 bits per heavy atom. The van der Waals surface area contributed by atoms with Crippen molar-refractivity contribution < 1.29 is 14.3 Å². The van der Waals surface area contributed by atoms with Gasteiger partial charge in [0.05, 0.1) is 23.4 Å². The van der Waals surface area contributed by atoms with Gasteiger partial charge in [-0.3, -0.25) is 15.6 Å². The molecule has 2 rings (SSSR count). The van der Waals surface area contributed by atoms with Crippen molar-refractivity contribution in [2.24, 2.45) is 0 Å². The minimum atomic E-state index is -0.291. The standard InChI is InChI=1S/C16H18ClN3O3S2/c1-22-11-4-3-10(9-12(11)23-2)7-8-18-16(24)20-19-15(21)13-5-6-14(17)25-13/h3-6,9H,7-8H2,1-2H3,(H,19,21)(H2,18,20,24). The van der Waals surface area contributed by atoms with Crippen LogP contribution in [0.1, 0.15) is 15.2 Å². The van der Waals surface area contributed by atoms with Crippen molar-refractivity contribution in [2.45, 2.75) is 6.42 Å². The first-order chi connectivity index (χ1) is 12.0. The number of amides is 1. The number of hydrogen-bond acceptors (Lipinski definition) is 5.